The summed E-state index contributed by atoms with van der Waals surface area (Å²) in [5.74, 6) is 1.65. The molecular weight excluding hydrogens is 206 g/mol. The van der Waals surface area contributed by atoms with Gasteiger partial charge in [-0.1, -0.05) is 6.07 Å². The van der Waals surface area contributed by atoms with Gasteiger partial charge >= 0.3 is 0 Å². The molecule has 1 rings (SSSR count). The number of hydrogen-bond acceptors (Lipinski definition) is 3. The average Bonchev–Trinajstić information content (AvgIpc) is 2.29. The van der Waals surface area contributed by atoms with E-state index < -0.39 is 0 Å². The zero-order chi connectivity index (χ0) is 12.0. The summed E-state index contributed by atoms with van der Waals surface area (Å²) >= 11 is 0. The molecule has 0 fully saturated rings. The van der Waals surface area contributed by atoms with Crippen LogP contribution in [0.4, 0.5) is 0 Å². The molecule has 4 N–H and O–H groups in total. The molecule has 0 aliphatic rings. The predicted molar refractivity (Wildman–Crippen MR) is 63.9 cm³/mol. The maximum atomic E-state index is 5.25. The largest absolute Gasteiger partial charge is 0.497 e. The summed E-state index contributed by atoms with van der Waals surface area (Å²) in [4.78, 5) is 3.92. The monoisotopic (exact) mass is 223 g/mol. The van der Waals surface area contributed by atoms with E-state index in [0.29, 0.717) is 6.54 Å². The van der Waals surface area contributed by atoms with E-state index in [-0.39, 0.29) is 5.96 Å². The molecule has 0 amide bonds. The molecule has 0 heterocycles. The van der Waals surface area contributed by atoms with Crippen LogP contribution in [0.1, 0.15) is 5.56 Å². The lowest BCUT2D eigenvalue weighted by molar-refractivity contribution is 0.391. The highest BCUT2D eigenvalue weighted by Gasteiger charge is 2.04. The lowest BCUT2D eigenvalue weighted by Gasteiger charge is -2.09. The number of aliphatic imine (C=N–C) groups is 1. The molecule has 0 spiro atoms. The summed E-state index contributed by atoms with van der Waals surface area (Å²) in [5, 5.41) is 0. The van der Waals surface area contributed by atoms with Crippen molar-refractivity contribution in [2.45, 2.75) is 6.42 Å². The number of ether oxygens (including phenoxy) is 2. The lowest BCUT2D eigenvalue weighted by Crippen LogP contribution is -2.23. The molecule has 5 heteroatoms. The van der Waals surface area contributed by atoms with Crippen molar-refractivity contribution >= 4 is 5.96 Å². The molecule has 0 saturated carbocycles. The maximum Gasteiger partial charge on any atom is 0.185 e. The Morgan fingerprint density at radius 3 is 2.56 bits per heavy atom. The van der Waals surface area contributed by atoms with Gasteiger partial charge < -0.3 is 20.9 Å². The molecule has 88 valence electrons. The Morgan fingerprint density at radius 2 is 2.00 bits per heavy atom. The first-order valence-electron chi connectivity index (χ1n) is 4.93. The lowest BCUT2D eigenvalue weighted by atomic mass is 10.1. The fraction of sp³-hybridized carbons (Fsp3) is 0.364. The minimum absolute atomic E-state index is 0.104. The Kier molecular flexibility index (Phi) is 4.44. The van der Waals surface area contributed by atoms with Crippen molar-refractivity contribution in [3.8, 4) is 11.5 Å². The van der Waals surface area contributed by atoms with E-state index in [1.807, 2.05) is 18.2 Å². The van der Waals surface area contributed by atoms with E-state index in [2.05, 4.69) is 4.99 Å². The first-order valence-corrected chi connectivity index (χ1v) is 4.93. The third-order valence-corrected chi connectivity index (χ3v) is 2.17. The number of rotatable bonds is 5. The van der Waals surface area contributed by atoms with Gasteiger partial charge in [-0.2, -0.15) is 0 Å². The Bertz CT molecular complexity index is 373. The molecule has 5 nitrogen and oxygen atoms in total. The molecule has 0 radical (unpaired) electrons. The number of methoxy groups -OCH3 is 2. The third kappa shape index (κ3) is 3.34. The number of nitrogens with two attached hydrogens (primary N) is 2. The Balaban J connectivity index is 2.75. The van der Waals surface area contributed by atoms with Crippen molar-refractivity contribution in [3.63, 3.8) is 0 Å². The standard InChI is InChI=1S/C11H17N3O2/c1-15-9-4-3-8(10(7-9)16-2)5-6-14-11(12)13/h3-4,7H,5-6H2,1-2H3,(H4,12,13,14). The van der Waals surface area contributed by atoms with Crippen LogP contribution in [0, 0.1) is 0 Å². The highest BCUT2D eigenvalue weighted by molar-refractivity contribution is 5.75. The molecule has 0 bridgehead atoms. The normalized spacial score (nSPS) is 9.62. The molecule has 0 aliphatic carbocycles. The van der Waals surface area contributed by atoms with E-state index in [9.17, 15) is 0 Å². The second-order valence-electron chi connectivity index (χ2n) is 3.23. The van der Waals surface area contributed by atoms with Crippen molar-refractivity contribution < 1.29 is 9.47 Å². The Morgan fingerprint density at radius 1 is 1.25 bits per heavy atom. The molecule has 0 saturated heterocycles. The van der Waals surface area contributed by atoms with Gasteiger partial charge in [0.15, 0.2) is 5.96 Å². The third-order valence-electron chi connectivity index (χ3n) is 2.17. The summed E-state index contributed by atoms with van der Waals surface area (Å²) in [7, 11) is 3.24. The minimum atomic E-state index is 0.104. The average molecular weight is 223 g/mol. The second-order valence-corrected chi connectivity index (χ2v) is 3.23. The van der Waals surface area contributed by atoms with Crippen LogP contribution in [0.2, 0.25) is 0 Å². The van der Waals surface area contributed by atoms with Gasteiger partial charge in [0.2, 0.25) is 0 Å². The molecule has 0 aromatic heterocycles. The van der Waals surface area contributed by atoms with Gasteiger partial charge in [-0.15, -0.1) is 0 Å². The molecule has 1 aromatic carbocycles. The van der Waals surface area contributed by atoms with Crippen molar-refractivity contribution in [1.29, 1.82) is 0 Å². The van der Waals surface area contributed by atoms with Crippen LogP contribution in [-0.4, -0.2) is 26.7 Å². The van der Waals surface area contributed by atoms with Gasteiger partial charge in [0, 0.05) is 12.6 Å². The van der Waals surface area contributed by atoms with E-state index in [4.69, 9.17) is 20.9 Å². The van der Waals surface area contributed by atoms with E-state index >= 15 is 0 Å². The van der Waals surface area contributed by atoms with E-state index in [1.165, 1.54) is 0 Å². The summed E-state index contributed by atoms with van der Waals surface area (Å²) in [6.07, 6.45) is 0.727. The van der Waals surface area contributed by atoms with Crippen LogP contribution in [0.25, 0.3) is 0 Å². The van der Waals surface area contributed by atoms with E-state index in [0.717, 1.165) is 23.5 Å². The highest BCUT2D eigenvalue weighted by Crippen LogP contribution is 2.24. The predicted octanol–water partition coefficient (Wildman–Crippen LogP) is 0.520. The summed E-state index contributed by atoms with van der Waals surface area (Å²) < 4.78 is 10.4. The SMILES string of the molecule is COc1ccc(CCN=C(N)N)c(OC)c1. The quantitative estimate of drug-likeness (QED) is 0.563. The molecule has 16 heavy (non-hydrogen) atoms. The van der Waals surface area contributed by atoms with Crippen molar-refractivity contribution in [1.82, 2.24) is 0 Å². The smallest absolute Gasteiger partial charge is 0.185 e. The summed E-state index contributed by atoms with van der Waals surface area (Å²) in [5.41, 5.74) is 11.5. The first-order chi connectivity index (χ1) is 7.67. The number of hydrogen-bond donors (Lipinski definition) is 2. The van der Waals surface area contributed by atoms with Crippen LogP contribution in [0.5, 0.6) is 11.5 Å². The molecule has 1 aromatic rings. The van der Waals surface area contributed by atoms with Gasteiger partial charge in [0.1, 0.15) is 11.5 Å². The molecule has 0 atom stereocenters. The van der Waals surface area contributed by atoms with Gasteiger partial charge in [0.05, 0.1) is 14.2 Å². The van der Waals surface area contributed by atoms with Gasteiger partial charge in [-0.25, -0.2) is 0 Å². The van der Waals surface area contributed by atoms with Gasteiger partial charge in [-0.05, 0) is 18.1 Å². The van der Waals surface area contributed by atoms with Gasteiger partial charge in [-0.3, -0.25) is 4.99 Å². The number of benzene rings is 1. The number of guanidine groups is 1. The minimum Gasteiger partial charge on any atom is -0.497 e. The van der Waals surface area contributed by atoms with Crippen molar-refractivity contribution in [3.05, 3.63) is 23.8 Å². The zero-order valence-corrected chi connectivity index (χ0v) is 9.56. The van der Waals surface area contributed by atoms with Crippen LogP contribution in [0.15, 0.2) is 23.2 Å². The van der Waals surface area contributed by atoms with Gasteiger partial charge in [0.25, 0.3) is 0 Å². The first kappa shape index (κ1) is 12.2. The fourth-order valence-electron chi connectivity index (χ4n) is 1.36. The molecule has 0 aliphatic heterocycles. The van der Waals surface area contributed by atoms with Crippen molar-refractivity contribution in [2.24, 2.45) is 16.5 Å². The summed E-state index contributed by atoms with van der Waals surface area (Å²) in [6.45, 7) is 0.547. The summed E-state index contributed by atoms with van der Waals surface area (Å²) in [6, 6.07) is 5.66. The second kappa shape index (κ2) is 5.85. The molecule has 0 unspecified atom stereocenters. The van der Waals surface area contributed by atoms with Crippen LogP contribution in [-0.2, 0) is 6.42 Å². The Labute approximate surface area is 95.1 Å². The molecular formula is C11H17N3O2. The van der Waals surface area contributed by atoms with Crippen molar-refractivity contribution in [2.75, 3.05) is 20.8 Å². The van der Waals surface area contributed by atoms with Crippen LogP contribution in [0.3, 0.4) is 0 Å². The topological polar surface area (TPSA) is 82.9 Å². The highest BCUT2D eigenvalue weighted by atomic mass is 16.5. The zero-order valence-electron chi connectivity index (χ0n) is 9.56. The number of nitrogens with zero attached hydrogens (tertiary/aromatic N) is 1. The van der Waals surface area contributed by atoms with E-state index in [1.54, 1.807) is 14.2 Å². The fourth-order valence-corrected chi connectivity index (χ4v) is 1.36. The van der Waals surface area contributed by atoms with Crippen LogP contribution >= 0.6 is 0 Å². The Hall–Kier alpha value is -1.91. The van der Waals surface area contributed by atoms with Crippen LogP contribution < -0.4 is 20.9 Å². The maximum absolute atomic E-state index is 5.25.